The van der Waals surface area contributed by atoms with Crippen molar-refractivity contribution in [2.75, 3.05) is 0 Å². The Labute approximate surface area is 91.3 Å². The first kappa shape index (κ1) is 16.4. The van der Waals surface area contributed by atoms with Crippen molar-refractivity contribution in [3.05, 3.63) is 0 Å². The van der Waals surface area contributed by atoms with Gasteiger partial charge >= 0.3 is 11.9 Å². The van der Waals surface area contributed by atoms with Gasteiger partial charge in [0.2, 0.25) is 0 Å². The van der Waals surface area contributed by atoms with E-state index in [2.05, 4.69) is 13.8 Å². The first-order chi connectivity index (χ1) is 7.06. The van der Waals surface area contributed by atoms with Crippen LogP contribution in [0.3, 0.4) is 0 Å². The lowest BCUT2D eigenvalue weighted by atomic mass is 10.1. The maximum atomic E-state index is 9.10. The number of rotatable bonds is 6. The number of carboxylic acid groups (broad SMARTS) is 2. The van der Waals surface area contributed by atoms with E-state index in [-0.39, 0.29) is 0 Å². The van der Waals surface area contributed by atoms with Gasteiger partial charge in [-0.25, -0.2) is 9.59 Å². The second-order valence-electron chi connectivity index (χ2n) is 3.38. The van der Waals surface area contributed by atoms with Crippen molar-refractivity contribution < 1.29 is 19.8 Å². The van der Waals surface area contributed by atoms with Crippen molar-refractivity contribution >= 4 is 11.9 Å². The first-order valence-corrected chi connectivity index (χ1v) is 5.52. The maximum absolute atomic E-state index is 9.10. The van der Waals surface area contributed by atoms with Crippen LogP contribution in [0.4, 0.5) is 0 Å². The average molecular weight is 218 g/mol. The number of hydrogen-bond acceptors (Lipinski definition) is 2. The summed E-state index contributed by atoms with van der Waals surface area (Å²) < 4.78 is 0. The molecule has 0 aliphatic rings. The highest BCUT2D eigenvalue weighted by Crippen LogP contribution is 2.05. The number of carboxylic acids is 2. The number of unbranched alkanes of at least 4 members (excludes halogenated alkanes) is 6. The number of aliphatic carboxylic acids is 2. The van der Waals surface area contributed by atoms with E-state index in [4.69, 9.17) is 19.8 Å². The van der Waals surface area contributed by atoms with E-state index in [0.29, 0.717) is 0 Å². The van der Waals surface area contributed by atoms with Gasteiger partial charge in [-0.05, 0) is 0 Å². The summed E-state index contributed by atoms with van der Waals surface area (Å²) in [7, 11) is 0. The summed E-state index contributed by atoms with van der Waals surface area (Å²) in [6.45, 7) is 4.53. The van der Waals surface area contributed by atoms with E-state index in [1.807, 2.05) is 0 Å². The van der Waals surface area contributed by atoms with Gasteiger partial charge in [0.25, 0.3) is 0 Å². The van der Waals surface area contributed by atoms with Crippen LogP contribution in [0.25, 0.3) is 0 Å². The molecule has 0 fully saturated rings. The van der Waals surface area contributed by atoms with E-state index >= 15 is 0 Å². The molecule has 15 heavy (non-hydrogen) atoms. The Hall–Kier alpha value is -1.06. The van der Waals surface area contributed by atoms with Gasteiger partial charge in [0.1, 0.15) is 0 Å². The Morgan fingerprint density at radius 1 is 0.733 bits per heavy atom. The monoisotopic (exact) mass is 218 g/mol. The van der Waals surface area contributed by atoms with Crippen molar-refractivity contribution in [1.82, 2.24) is 0 Å². The third-order valence-electron chi connectivity index (χ3n) is 1.89. The lowest BCUT2D eigenvalue weighted by molar-refractivity contribution is -0.159. The second kappa shape index (κ2) is 12.9. The zero-order valence-electron chi connectivity index (χ0n) is 9.66. The molecule has 0 spiro atoms. The SMILES string of the molecule is CCCCCCCCC.O=C(O)C(=O)O. The Morgan fingerprint density at radius 3 is 1.20 bits per heavy atom. The van der Waals surface area contributed by atoms with Crippen LogP contribution in [0, 0.1) is 0 Å². The Kier molecular flexibility index (Phi) is 14.1. The molecule has 4 nitrogen and oxygen atoms in total. The fourth-order valence-corrected chi connectivity index (χ4v) is 1.03. The van der Waals surface area contributed by atoms with Gasteiger partial charge in [-0.15, -0.1) is 0 Å². The quantitative estimate of drug-likeness (QED) is 0.531. The molecule has 4 heteroatoms. The van der Waals surface area contributed by atoms with Crippen molar-refractivity contribution in [2.24, 2.45) is 0 Å². The van der Waals surface area contributed by atoms with Gasteiger partial charge in [0.05, 0.1) is 0 Å². The van der Waals surface area contributed by atoms with Gasteiger partial charge in [0.15, 0.2) is 0 Å². The molecular formula is C11H22O4. The van der Waals surface area contributed by atoms with Crippen molar-refractivity contribution in [2.45, 2.75) is 58.8 Å². The summed E-state index contributed by atoms with van der Waals surface area (Å²) in [5.41, 5.74) is 0. The topological polar surface area (TPSA) is 74.6 Å². The average Bonchev–Trinajstić information content (AvgIpc) is 2.18. The summed E-state index contributed by atoms with van der Waals surface area (Å²) in [4.78, 5) is 18.2. The third kappa shape index (κ3) is 19.4. The zero-order chi connectivity index (χ0) is 12.1. The predicted molar refractivity (Wildman–Crippen MR) is 58.9 cm³/mol. The summed E-state index contributed by atoms with van der Waals surface area (Å²) in [5.74, 6) is -3.65. The van der Waals surface area contributed by atoms with E-state index in [1.165, 1.54) is 44.9 Å². The molecule has 0 aromatic heterocycles. The summed E-state index contributed by atoms with van der Waals surface area (Å²) in [6.07, 6.45) is 9.97. The van der Waals surface area contributed by atoms with Gasteiger partial charge in [-0.1, -0.05) is 58.8 Å². The second-order valence-corrected chi connectivity index (χ2v) is 3.38. The maximum Gasteiger partial charge on any atom is 0.414 e. The van der Waals surface area contributed by atoms with Gasteiger partial charge in [-0.2, -0.15) is 0 Å². The van der Waals surface area contributed by atoms with Gasteiger partial charge in [0, 0.05) is 0 Å². The molecule has 0 bridgehead atoms. The molecule has 0 aliphatic heterocycles. The van der Waals surface area contributed by atoms with Crippen LogP contribution in [0.15, 0.2) is 0 Å². The lowest BCUT2D eigenvalue weighted by Gasteiger charge is -1.96. The molecule has 2 N–H and O–H groups in total. The van der Waals surface area contributed by atoms with Crippen LogP contribution in [0.1, 0.15) is 58.8 Å². The van der Waals surface area contributed by atoms with Gasteiger partial charge in [-0.3, -0.25) is 0 Å². The first-order valence-electron chi connectivity index (χ1n) is 5.52. The minimum Gasteiger partial charge on any atom is -0.473 e. The van der Waals surface area contributed by atoms with Crippen LogP contribution in [-0.2, 0) is 9.59 Å². The molecule has 0 saturated carbocycles. The molecule has 0 aromatic carbocycles. The zero-order valence-corrected chi connectivity index (χ0v) is 9.66. The molecular weight excluding hydrogens is 196 g/mol. The van der Waals surface area contributed by atoms with E-state index in [1.54, 1.807) is 0 Å². The van der Waals surface area contributed by atoms with Gasteiger partial charge < -0.3 is 10.2 Å². The van der Waals surface area contributed by atoms with Crippen LogP contribution in [-0.4, -0.2) is 22.2 Å². The Balaban J connectivity index is 0. The molecule has 0 aromatic rings. The van der Waals surface area contributed by atoms with E-state index in [0.717, 1.165) is 0 Å². The summed E-state index contributed by atoms with van der Waals surface area (Å²) in [5, 5.41) is 14.8. The molecule has 90 valence electrons. The van der Waals surface area contributed by atoms with Crippen molar-refractivity contribution in [3.63, 3.8) is 0 Å². The minimum absolute atomic E-state index is 1.37. The largest absolute Gasteiger partial charge is 0.473 e. The minimum atomic E-state index is -1.82. The molecule has 0 atom stereocenters. The lowest BCUT2D eigenvalue weighted by Crippen LogP contribution is -2.09. The normalized spacial score (nSPS) is 8.93. The summed E-state index contributed by atoms with van der Waals surface area (Å²) in [6, 6.07) is 0. The Bertz CT molecular complexity index is 148. The smallest absolute Gasteiger partial charge is 0.414 e. The molecule has 0 rings (SSSR count). The highest BCUT2D eigenvalue weighted by molar-refractivity contribution is 6.27. The van der Waals surface area contributed by atoms with E-state index < -0.39 is 11.9 Å². The van der Waals surface area contributed by atoms with Crippen LogP contribution >= 0.6 is 0 Å². The highest BCUT2D eigenvalue weighted by Gasteiger charge is 2.04. The molecule has 0 amide bonds. The molecule has 0 heterocycles. The number of hydrogen-bond donors (Lipinski definition) is 2. The standard InChI is InChI=1S/C9H20.C2H2O4/c1-3-5-7-9-8-6-4-2;3-1(4)2(5)6/h3-9H2,1-2H3;(H,3,4)(H,5,6). The highest BCUT2D eigenvalue weighted by atomic mass is 16.4. The number of carbonyl (C=O) groups is 2. The van der Waals surface area contributed by atoms with Crippen molar-refractivity contribution in [1.29, 1.82) is 0 Å². The predicted octanol–water partition coefficient (Wildman–Crippen LogP) is 2.91. The fraction of sp³-hybridized carbons (Fsp3) is 0.818. The van der Waals surface area contributed by atoms with Crippen molar-refractivity contribution in [3.8, 4) is 0 Å². The molecule has 0 radical (unpaired) electrons. The van der Waals surface area contributed by atoms with Crippen LogP contribution in [0.5, 0.6) is 0 Å². The molecule has 0 aliphatic carbocycles. The summed E-state index contributed by atoms with van der Waals surface area (Å²) >= 11 is 0. The van der Waals surface area contributed by atoms with E-state index in [9.17, 15) is 0 Å². The fourth-order valence-electron chi connectivity index (χ4n) is 1.03. The third-order valence-corrected chi connectivity index (χ3v) is 1.89. The van der Waals surface area contributed by atoms with Crippen LogP contribution < -0.4 is 0 Å². The van der Waals surface area contributed by atoms with Crippen LogP contribution in [0.2, 0.25) is 0 Å². The molecule has 0 unspecified atom stereocenters. The molecule has 0 saturated heterocycles. The Morgan fingerprint density at radius 2 is 1.00 bits per heavy atom.